The topological polar surface area (TPSA) is 68.0 Å². The van der Waals surface area contributed by atoms with Gasteiger partial charge in [0.05, 0.1) is 0 Å². The normalized spacial score (nSPS) is 12.1. The Hall–Kier alpha value is -1.79. The summed E-state index contributed by atoms with van der Waals surface area (Å²) < 4.78 is 13.0. The smallest absolute Gasteiger partial charge is 0.247 e. The number of nitrogens with zero attached hydrogens (tertiary/aromatic N) is 1. The molecule has 2 aromatic rings. The number of hydrogen-bond acceptors (Lipinski definition) is 4. The molecule has 0 radical (unpaired) electrons. The summed E-state index contributed by atoms with van der Waals surface area (Å²) in [5.41, 5.74) is 6.15. The summed E-state index contributed by atoms with van der Waals surface area (Å²) in [6, 6.07) is 4.76. The van der Waals surface area contributed by atoms with Crippen LogP contribution in [0.2, 0.25) is 0 Å². The highest BCUT2D eigenvalue weighted by atomic mass is 32.1. The SMILES string of the molecule is NC(C(=O)Nc1nccs1)c1cccc(F)c1. The molecule has 0 saturated carbocycles. The van der Waals surface area contributed by atoms with Crippen molar-refractivity contribution in [1.29, 1.82) is 0 Å². The van der Waals surface area contributed by atoms with E-state index in [4.69, 9.17) is 5.73 Å². The van der Waals surface area contributed by atoms with Crippen LogP contribution in [-0.4, -0.2) is 10.9 Å². The van der Waals surface area contributed by atoms with Gasteiger partial charge in [0.25, 0.3) is 0 Å². The fourth-order valence-electron chi connectivity index (χ4n) is 1.32. The highest BCUT2D eigenvalue weighted by Gasteiger charge is 2.16. The number of anilines is 1. The van der Waals surface area contributed by atoms with Gasteiger partial charge < -0.3 is 11.1 Å². The molecule has 2 rings (SSSR count). The Bertz CT molecular complexity index is 515. The fourth-order valence-corrected chi connectivity index (χ4v) is 1.85. The van der Waals surface area contributed by atoms with Gasteiger partial charge in [0.1, 0.15) is 11.9 Å². The van der Waals surface area contributed by atoms with Gasteiger partial charge in [-0.1, -0.05) is 12.1 Å². The van der Waals surface area contributed by atoms with E-state index < -0.39 is 17.8 Å². The number of amides is 1. The lowest BCUT2D eigenvalue weighted by Gasteiger charge is -2.10. The average Bonchev–Trinajstić information content (AvgIpc) is 2.80. The molecule has 1 atom stereocenters. The Morgan fingerprint density at radius 3 is 3.00 bits per heavy atom. The molecule has 1 amide bonds. The lowest BCUT2D eigenvalue weighted by molar-refractivity contribution is -0.117. The van der Waals surface area contributed by atoms with Gasteiger partial charge in [-0.3, -0.25) is 4.79 Å². The molecular weight excluding hydrogens is 241 g/mol. The number of aromatic nitrogens is 1. The first-order chi connectivity index (χ1) is 8.16. The zero-order valence-electron chi connectivity index (χ0n) is 8.76. The number of nitrogens with one attached hydrogen (secondary N) is 1. The molecule has 4 nitrogen and oxygen atoms in total. The zero-order chi connectivity index (χ0) is 12.3. The van der Waals surface area contributed by atoms with Crippen molar-refractivity contribution in [1.82, 2.24) is 4.98 Å². The Morgan fingerprint density at radius 1 is 1.53 bits per heavy atom. The molecule has 1 unspecified atom stereocenters. The predicted octanol–water partition coefficient (Wildman–Crippen LogP) is 1.92. The molecule has 1 aromatic carbocycles. The van der Waals surface area contributed by atoms with Crippen LogP contribution in [0.5, 0.6) is 0 Å². The average molecular weight is 251 g/mol. The Labute approximate surface area is 101 Å². The largest absolute Gasteiger partial charge is 0.316 e. The van der Waals surface area contributed by atoms with Gasteiger partial charge in [-0.2, -0.15) is 0 Å². The van der Waals surface area contributed by atoms with Crippen molar-refractivity contribution in [2.75, 3.05) is 5.32 Å². The van der Waals surface area contributed by atoms with Gasteiger partial charge in [0, 0.05) is 11.6 Å². The van der Waals surface area contributed by atoms with Crippen LogP contribution in [0.25, 0.3) is 0 Å². The molecule has 1 aromatic heterocycles. The first-order valence-corrected chi connectivity index (χ1v) is 5.76. The van der Waals surface area contributed by atoms with Crippen molar-refractivity contribution >= 4 is 22.4 Å². The second-order valence-corrected chi connectivity index (χ2v) is 4.25. The van der Waals surface area contributed by atoms with Gasteiger partial charge >= 0.3 is 0 Å². The molecule has 3 N–H and O–H groups in total. The second kappa shape index (κ2) is 5.03. The lowest BCUT2D eigenvalue weighted by atomic mass is 10.1. The zero-order valence-corrected chi connectivity index (χ0v) is 9.58. The molecule has 88 valence electrons. The van der Waals surface area contributed by atoms with E-state index in [-0.39, 0.29) is 0 Å². The van der Waals surface area contributed by atoms with E-state index in [2.05, 4.69) is 10.3 Å². The van der Waals surface area contributed by atoms with E-state index in [1.807, 2.05) is 0 Å². The number of nitrogens with two attached hydrogens (primary N) is 1. The Kier molecular flexibility index (Phi) is 3.46. The van der Waals surface area contributed by atoms with Crippen LogP contribution in [0, 0.1) is 5.82 Å². The molecule has 17 heavy (non-hydrogen) atoms. The van der Waals surface area contributed by atoms with E-state index in [9.17, 15) is 9.18 Å². The van der Waals surface area contributed by atoms with E-state index in [0.29, 0.717) is 10.7 Å². The Morgan fingerprint density at radius 2 is 2.35 bits per heavy atom. The first kappa shape index (κ1) is 11.7. The summed E-state index contributed by atoms with van der Waals surface area (Å²) in [7, 11) is 0. The number of carbonyl (C=O) groups excluding carboxylic acids is 1. The number of thiazole rings is 1. The van der Waals surface area contributed by atoms with Crippen molar-refractivity contribution in [3.63, 3.8) is 0 Å². The predicted molar refractivity (Wildman–Crippen MR) is 64.1 cm³/mol. The summed E-state index contributed by atoms with van der Waals surface area (Å²) >= 11 is 1.29. The number of halogens is 1. The van der Waals surface area contributed by atoms with Gasteiger partial charge in [-0.15, -0.1) is 11.3 Å². The summed E-state index contributed by atoms with van der Waals surface area (Å²) in [6.45, 7) is 0. The number of hydrogen-bond donors (Lipinski definition) is 2. The maximum atomic E-state index is 13.0. The van der Waals surface area contributed by atoms with Crippen LogP contribution in [-0.2, 0) is 4.79 Å². The molecule has 0 aliphatic heterocycles. The summed E-state index contributed by atoms with van der Waals surface area (Å²) in [6.07, 6.45) is 1.58. The number of carbonyl (C=O) groups is 1. The third-order valence-corrected chi connectivity index (χ3v) is 2.84. The number of rotatable bonds is 3. The van der Waals surface area contributed by atoms with Gasteiger partial charge in [0.2, 0.25) is 5.91 Å². The maximum Gasteiger partial charge on any atom is 0.247 e. The van der Waals surface area contributed by atoms with E-state index in [1.165, 1.54) is 29.5 Å². The van der Waals surface area contributed by atoms with Crippen LogP contribution in [0.1, 0.15) is 11.6 Å². The quantitative estimate of drug-likeness (QED) is 0.875. The van der Waals surface area contributed by atoms with Crippen molar-refractivity contribution < 1.29 is 9.18 Å². The van der Waals surface area contributed by atoms with Crippen LogP contribution >= 0.6 is 11.3 Å². The molecule has 0 bridgehead atoms. The van der Waals surface area contributed by atoms with Crippen LogP contribution < -0.4 is 11.1 Å². The maximum absolute atomic E-state index is 13.0. The van der Waals surface area contributed by atoms with Gasteiger partial charge in [-0.25, -0.2) is 9.37 Å². The van der Waals surface area contributed by atoms with Crippen molar-refractivity contribution in [3.05, 3.63) is 47.2 Å². The first-order valence-electron chi connectivity index (χ1n) is 4.88. The second-order valence-electron chi connectivity index (χ2n) is 3.36. The fraction of sp³-hybridized carbons (Fsp3) is 0.0909. The Balaban J connectivity index is 2.09. The van der Waals surface area contributed by atoms with Gasteiger partial charge in [-0.05, 0) is 17.7 Å². The minimum absolute atomic E-state index is 0.412. The molecule has 0 saturated heterocycles. The third kappa shape index (κ3) is 2.86. The standard InChI is InChI=1S/C11H10FN3OS/c12-8-3-1-2-7(6-8)9(13)10(16)15-11-14-4-5-17-11/h1-6,9H,13H2,(H,14,15,16). The monoisotopic (exact) mass is 251 g/mol. The highest BCUT2D eigenvalue weighted by Crippen LogP contribution is 2.16. The highest BCUT2D eigenvalue weighted by molar-refractivity contribution is 7.13. The van der Waals surface area contributed by atoms with Crippen LogP contribution in [0.4, 0.5) is 9.52 Å². The van der Waals surface area contributed by atoms with E-state index >= 15 is 0 Å². The van der Waals surface area contributed by atoms with Crippen molar-refractivity contribution in [2.24, 2.45) is 5.73 Å². The lowest BCUT2D eigenvalue weighted by Crippen LogP contribution is -2.27. The number of benzene rings is 1. The third-order valence-electron chi connectivity index (χ3n) is 2.15. The summed E-state index contributed by atoms with van der Waals surface area (Å²) in [4.78, 5) is 15.6. The van der Waals surface area contributed by atoms with Crippen molar-refractivity contribution in [3.8, 4) is 0 Å². The molecule has 1 heterocycles. The minimum Gasteiger partial charge on any atom is -0.316 e. The van der Waals surface area contributed by atoms with Crippen molar-refractivity contribution in [2.45, 2.75) is 6.04 Å². The summed E-state index contributed by atoms with van der Waals surface area (Å²) in [5.74, 6) is -0.828. The molecule has 0 spiro atoms. The molecule has 0 aliphatic carbocycles. The van der Waals surface area contributed by atoms with E-state index in [1.54, 1.807) is 17.6 Å². The van der Waals surface area contributed by atoms with E-state index in [0.717, 1.165) is 0 Å². The molecular formula is C11H10FN3OS. The minimum atomic E-state index is -0.908. The molecule has 0 aliphatic rings. The van der Waals surface area contributed by atoms with Crippen LogP contribution in [0.15, 0.2) is 35.8 Å². The van der Waals surface area contributed by atoms with Gasteiger partial charge in [0.15, 0.2) is 5.13 Å². The molecule has 0 fully saturated rings. The summed E-state index contributed by atoms with van der Waals surface area (Å²) in [5, 5.41) is 4.77. The van der Waals surface area contributed by atoms with Crippen LogP contribution in [0.3, 0.4) is 0 Å². The molecule has 6 heteroatoms.